The molecule has 0 radical (unpaired) electrons. The number of nitrogens with one attached hydrogen (secondary N) is 1. The lowest BCUT2D eigenvalue weighted by Crippen LogP contribution is -2.19. The first kappa shape index (κ1) is 14.2. The molecular weight excluding hydrogens is 206 g/mol. The van der Waals surface area contributed by atoms with Gasteiger partial charge in [-0.1, -0.05) is 50.6 Å². The number of hydrogen-bond acceptors (Lipinski definition) is 1. The molecule has 0 spiro atoms. The van der Waals surface area contributed by atoms with Crippen LogP contribution in [-0.2, 0) is 0 Å². The minimum atomic E-state index is 0.427. The van der Waals surface area contributed by atoms with Gasteiger partial charge in [-0.15, -0.1) is 0 Å². The maximum atomic E-state index is 3.32. The van der Waals surface area contributed by atoms with Crippen LogP contribution in [0.3, 0.4) is 0 Å². The van der Waals surface area contributed by atoms with Crippen LogP contribution in [0.25, 0.3) is 0 Å². The first-order valence-corrected chi connectivity index (χ1v) is 6.63. The van der Waals surface area contributed by atoms with Gasteiger partial charge in [0.1, 0.15) is 0 Å². The van der Waals surface area contributed by atoms with Gasteiger partial charge in [0.25, 0.3) is 0 Å². The van der Waals surface area contributed by atoms with Crippen molar-refractivity contribution in [3.05, 3.63) is 35.4 Å². The third-order valence-electron chi connectivity index (χ3n) is 3.24. The molecule has 1 atom stereocenters. The summed E-state index contributed by atoms with van der Waals surface area (Å²) in [5.74, 6) is 0.639. The number of likely N-dealkylation sites (N-methyl/N-ethyl adjacent to an activating group) is 1. The van der Waals surface area contributed by atoms with E-state index in [0.717, 1.165) is 6.54 Å². The van der Waals surface area contributed by atoms with E-state index in [1.165, 1.54) is 24.0 Å². The molecule has 1 rings (SSSR count). The van der Waals surface area contributed by atoms with Crippen molar-refractivity contribution in [1.82, 2.24) is 5.32 Å². The molecule has 0 saturated heterocycles. The average Bonchev–Trinajstić information content (AvgIpc) is 2.24. The Kier molecular flexibility index (Phi) is 5.20. The maximum absolute atomic E-state index is 3.32. The largest absolute Gasteiger partial charge is 0.319 e. The highest BCUT2D eigenvalue weighted by atomic mass is 14.8. The SMILES string of the molecule is CNCC(CCC(C)(C)C)c1ccc(C)cc1. The van der Waals surface area contributed by atoms with E-state index in [2.05, 4.69) is 57.3 Å². The van der Waals surface area contributed by atoms with Crippen LogP contribution < -0.4 is 5.32 Å². The van der Waals surface area contributed by atoms with Gasteiger partial charge in [0.05, 0.1) is 0 Å². The number of benzene rings is 1. The summed E-state index contributed by atoms with van der Waals surface area (Å²) in [4.78, 5) is 0. The van der Waals surface area contributed by atoms with Crippen LogP contribution in [-0.4, -0.2) is 13.6 Å². The molecule has 1 aromatic carbocycles. The van der Waals surface area contributed by atoms with Crippen molar-refractivity contribution in [3.63, 3.8) is 0 Å². The number of aryl methyl sites for hydroxylation is 1. The van der Waals surface area contributed by atoms with Gasteiger partial charge in [0.2, 0.25) is 0 Å². The zero-order valence-corrected chi connectivity index (χ0v) is 12.0. The Balaban J connectivity index is 2.68. The van der Waals surface area contributed by atoms with Crippen LogP contribution in [0.2, 0.25) is 0 Å². The summed E-state index contributed by atoms with van der Waals surface area (Å²) >= 11 is 0. The van der Waals surface area contributed by atoms with E-state index in [4.69, 9.17) is 0 Å². The third-order valence-corrected chi connectivity index (χ3v) is 3.24. The fourth-order valence-electron chi connectivity index (χ4n) is 2.08. The standard InChI is InChI=1S/C16H27N/c1-13-6-8-14(9-7-13)15(12-17-5)10-11-16(2,3)4/h6-9,15,17H,10-12H2,1-5H3. The zero-order valence-electron chi connectivity index (χ0n) is 12.0. The van der Waals surface area contributed by atoms with Crippen molar-refractivity contribution >= 4 is 0 Å². The van der Waals surface area contributed by atoms with E-state index in [1.54, 1.807) is 0 Å². The lowest BCUT2D eigenvalue weighted by atomic mass is 9.84. The maximum Gasteiger partial charge on any atom is 0.00171 e. The molecule has 96 valence electrons. The highest BCUT2D eigenvalue weighted by Gasteiger charge is 2.16. The molecule has 0 fully saturated rings. The van der Waals surface area contributed by atoms with Crippen LogP contribution in [0, 0.1) is 12.3 Å². The molecule has 1 aromatic rings. The average molecular weight is 233 g/mol. The summed E-state index contributed by atoms with van der Waals surface area (Å²) in [6.45, 7) is 10.2. The fourth-order valence-corrected chi connectivity index (χ4v) is 2.08. The molecule has 0 amide bonds. The summed E-state index contributed by atoms with van der Waals surface area (Å²) in [7, 11) is 2.04. The molecule has 0 bridgehead atoms. The summed E-state index contributed by atoms with van der Waals surface area (Å²) in [6.07, 6.45) is 2.53. The van der Waals surface area contributed by atoms with Gasteiger partial charge in [0, 0.05) is 6.54 Å². The Labute approximate surface area is 107 Å². The molecule has 17 heavy (non-hydrogen) atoms. The van der Waals surface area contributed by atoms with Crippen molar-refractivity contribution in [1.29, 1.82) is 0 Å². The van der Waals surface area contributed by atoms with Crippen molar-refractivity contribution in [3.8, 4) is 0 Å². The summed E-state index contributed by atoms with van der Waals surface area (Å²) in [5, 5.41) is 3.32. The van der Waals surface area contributed by atoms with Crippen molar-refractivity contribution in [2.75, 3.05) is 13.6 Å². The van der Waals surface area contributed by atoms with E-state index in [1.807, 2.05) is 7.05 Å². The normalized spacial score (nSPS) is 13.7. The van der Waals surface area contributed by atoms with Gasteiger partial charge in [-0.2, -0.15) is 0 Å². The van der Waals surface area contributed by atoms with Crippen LogP contribution in [0.15, 0.2) is 24.3 Å². The van der Waals surface area contributed by atoms with Crippen LogP contribution >= 0.6 is 0 Å². The van der Waals surface area contributed by atoms with Crippen LogP contribution in [0.5, 0.6) is 0 Å². The van der Waals surface area contributed by atoms with Gasteiger partial charge >= 0.3 is 0 Å². The van der Waals surface area contributed by atoms with Gasteiger partial charge in [-0.3, -0.25) is 0 Å². The molecule has 1 unspecified atom stereocenters. The number of rotatable bonds is 5. The minimum absolute atomic E-state index is 0.427. The molecule has 0 heterocycles. The van der Waals surface area contributed by atoms with Crippen LogP contribution in [0.1, 0.15) is 50.7 Å². The highest BCUT2D eigenvalue weighted by Crippen LogP contribution is 2.28. The third kappa shape index (κ3) is 5.36. The Morgan fingerprint density at radius 1 is 1.12 bits per heavy atom. The van der Waals surface area contributed by atoms with E-state index >= 15 is 0 Å². The first-order valence-electron chi connectivity index (χ1n) is 6.63. The molecule has 1 N–H and O–H groups in total. The lowest BCUT2D eigenvalue weighted by Gasteiger charge is -2.23. The molecule has 0 saturated carbocycles. The zero-order chi connectivity index (χ0) is 12.9. The van der Waals surface area contributed by atoms with Gasteiger partial charge < -0.3 is 5.32 Å². The number of hydrogen-bond donors (Lipinski definition) is 1. The van der Waals surface area contributed by atoms with E-state index < -0.39 is 0 Å². The summed E-state index contributed by atoms with van der Waals surface area (Å²) in [5.41, 5.74) is 3.23. The molecule has 0 aliphatic heterocycles. The second kappa shape index (κ2) is 6.20. The second-order valence-corrected chi connectivity index (χ2v) is 6.26. The molecule has 1 heteroatoms. The minimum Gasteiger partial charge on any atom is -0.319 e. The smallest absolute Gasteiger partial charge is 0.00171 e. The summed E-state index contributed by atoms with van der Waals surface area (Å²) < 4.78 is 0. The Bertz CT molecular complexity index is 318. The van der Waals surface area contributed by atoms with E-state index in [-0.39, 0.29) is 0 Å². The second-order valence-electron chi connectivity index (χ2n) is 6.26. The summed E-state index contributed by atoms with van der Waals surface area (Å²) in [6, 6.07) is 8.99. The monoisotopic (exact) mass is 233 g/mol. The molecular formula is C16H27N. The van der Waals surface area contributed by atoms with Gasteiger partial charge in [0.15, 0.2) is 0 Å². The van der Waals surface area contributed by atoms with Crippen molar-refractivity contribution < 1.29 is 0 Å². The fraction of sp³-hybridized carbons (Fsp3) is 0.625. The van der Waals surface area contributed by atoms with Crippen molar-refractivity contribution in [2.45, 2.75) is 46.5 Å². The molecule has 0 aliphatic rings. The lowest BCUT2D eigenvalue weighted by molar-refractivity contribution is 0.346. The quantitative estimate of drug-likeness (QED) is 0.806. The Hall–Kier alpha value is -0.820. The van der Waals surface area contributed by atoms with Crippen LogP contribution in [0.4, 0.5) is 0 Å². The van der Waals surface area contributed by atoms with E-state index in [0.29, 0.717) is 11.3 Å². The van der Waals surface area contributed by atoms with E-state index in [9.17, 15) is 0 Å². The van der Waals surface area contributed by atoms with Gasteiger partial charge in [-0.05, 0) is 43.7 Å². The molecule has 0 aromatic heterocycles. The van der Waals surface area contributed by atoms with Crippen molar-refractivity contribution in [2.24, 2.45) is 5.41 Å². The Morgan fingerprint density at radius 2 is 1.71 bits per heavy atom. The molecule has 0 aliphatic carbocycles. The molecule has 1 nitrogen and oxygen atoms in total. The predicted octanol–water partition coefficient (Wildman–Crippen LogP) is 4.12. The first-order chi connectivity index (χ1) is 7.92. The Morgan fingerprint density at radius 3 is 2.18 bits per heavy atom. The predicted molar refractivity (Wildman–Crippen MR) is 76.5 cm³/mol. The topological polar surface area (TPSA) is 12.0 Å². The highest BCUT2D eigenvalue weighted by molar-refractivity contribution is 5.24. The van der Waals surface area contributed by atoms with Gasteiger partial charge in [-0.25, -0.2) is 0 Å².